The van der Waals surface area contributed by atoms with Crippen molar-refractivity contribution in [2.45, 2.75) is 6.42 Å². The Kier molecular flexibility index (Phi) is 4.87. The van der Waals surface area contributed by atoms with Gasteiger partial charge in [0.05, 0.1) is 18.4 Å². The number of nitrogens with one attached hydrogen (secondary N) is 1. The molecule has 21 heavy (non-hydrogen) atoms. The van der Waals surface area contributed by atoms with Crippen LogP contribution in [-0.4, -0.2) is 19.6 Å². The summed E-state index contributed by atoms with van der Waals surface area (Å²) in [5.74, 6) is -3.18. The lowest BCUT2D eigenvalue weighted by atomic mass is 10.1. The zero-order valence-corrected chi connectivity index (χ0v) is 11.5. The number of anilines is 1. The van der Waals surface area contributed by atoms with Crippen LogP contribution < -0.4 is 5.32 Å². The van der Waals surface area contributed by atoms with Gasteiger partial charge in [-0.2, -0.15) is 0 Å². The highest BCUT2D eigenvalue weighted by molar-refractivity contribution is 5.90. The summed E-state index contributed by atoms with van der Waals surface area (Å²) in [4.78, 5) is 11.2. The number of halogens is 2. The highest BCUT2D eigenvalue weighted by Crippen LogP contribution is 2.21. The van der Waals surface area contributed by atoms with Gasteiger partial charge in [-0.25, -0.2) is 13.6 Å². The van der Waals surface area contributed by atoms with E-state index < -0.39 is 23.2 Å². The van der Waals surface area contributed by atoms with E-state index in [-0.39, 0.29) is 5.69 Å². The van der Waals surface area contributed by atoms with Crippen LogP contribution in [0.2, 0.25) is 0 Å². The van der Waals surface area contributed by atoms with Gasteiger partial charge in [0.15, 0.2) is 11.6 Å². The highest BCUT2D eigenvalue weighted by atomic mass is 19.2. The quantitative estimate of drug-likeness (QED) is 0.858. The van der Waals surface area contributed by atoms with Gasteiger partial charge in [0, 0.05) is 6.54 Å². The molecule has 0 spiro atoms. The first-order valence-electron chi connectivity index (χ1n) is 6.47. The Bertz CT molecular complexity index is 630. The second kappa shape index (κ2) is 6.83. The summed E-state index contributed by atoms with van der Waals surface area (Å²) >= 11 is 0. The summed E-state index contributed by atoms with van der Waals surface area (Å²) in [6, 6.07) is 12.2. The molecule has 0 fully saturated rings. The number of rotatable bonds is 5. The van der Waals surface area contributed by atoms with E-state index in [0.717, 1.165) is 12.7 Å². The van der Waals surface area contributed by atoms with Gasteiger partial charge < -0.3 is 10.1 Å². The molecule has 0 aliphatic carbocycles. The van der Waals surface area contributed by atoms with Crippen molar-refractivity contribution in [3.8, 4) is 0 Å². The number of ether oxygens (including phenoxy) is 1. The van der Waals surface area contributed by atoms with E-state index in [1.54, 1.807) is 0 Å². The first kappa shape index (κ1) is 15.0. The van der Waals surface area contributed by atoms with E-state index in [1.165, 1.54) is 12.1 Å². The van der Waals surface area contributed by atoms with Crippen LogP contribution in [-0.2, 0) is 11.2 Å². The second-order valence-corrected chi connectivity index (χ2v) is 4.44. The molecule has 5 heteroatoms. The average Bonchev–Trinajstić information content (AvgIpc) is 2.52. The third kappa shape index (κ3) is 3.56. The lowest BCUT2D eigenvalue weighted by Crippen LogP contribution is -2.11. The molecule has 2 aromatic rings. The Hall–Kier alpha value is -2.43. The molecule has 0 atom stereocenters. The number of benzene rings is 2. The minimum absolute atomic E-state index is 0.0242. The summed E-state index contributed by atoms with van der Waals surface area (Å²) in [6.07, 6.45) is 0.681. The Labute approximate surface area is 121 Å². The van der Waals surface area contributed by atoms with E-state index in [0.29, 0.717) is 13.0 Å². The number of hydrogen-bond donors (Lipinski definition) is 1. The first-order chi connectivity index (χ1) is 10.1. The molecule has 0 aliphatic rings. The molecular weight excluding hydrogens is 276 g/mol. The fraction of sp³-hybridized carbons (Fsp3) is 0.188. The van der Waals surface area contributed by atoms with E-state index in [2.05, 4.69) is 10.1 Å². The average molecular weight is 291 g/mol. The largest absolute Gasteiger partial charge is 0.465 e. The number of esters is 1. The number of carbonyl (C=O) groups excluding carboxylic acids is 1. The van der Waals surface area contributed by atoms with Crippen molar-refractivity contribution in [2.24, 2.45) is 0 Å². The van der Waals surface area contributed by atoms with Crippen molar-refractivity contribution < 1.29 is 18.3 Å². The molecular formula is C16H15F2NO2. The van der Waals surface area contributed by atoms with E-state index in [1.807, 2.05) is 30.3 Å². The van der Waals surface area contributed by atoms with Crippen LogP contribution in [0.3, 0.4) is 0 Å². The van der Waals surface area contributed by atoms with Crippen molar-refractivity contribution in [2.75, 3.05) is 19.0 Å². The van der Waals surface area contributed by atoms with Crippen LogP contribution in [0.4, 0.5) is 14.5 Å². The van der Waals surface area contributed by atoms with Crippen LogP contribution in [0.1, 0.15) is 15.9 Å². The van der Waals surface area contributed by atoms with Crippen molar-refractivity contribution >= 4 is 11.7 Å². The molecule has 0 aromatic heterocycles. The Morgan fingerprint density at radius 2 is 1.81 bits per heavy atom. The summed E-state index contributed by atoms with van der Waals surface area (Å²) < 4.78 is 32.0. The molecule has 0 bridgehead atoms. The lowest BCUT2D eigenvalue weighted by Gasteiger charge is -2.10. The summed E-state index contributed by atoms with van der Waals surface area (Å²) in [5.41, 5.74) is 0.705. The van der Waals surface area contributed by atoms with Gasteiger partial charge in [-0.3, -0.25) is 0 Å². The fourth-order valence-electron chi connectivity index (χ4n) is 1.94. The molecule has 110 valence electrons. The summed E-state index contributed by atoms with van der Waals surface area (Å²) in [7, 11) is 1.12. The molecule has 0 aliphatic heterocycles. The standard InChI is InChI=1S/C16H15F2NO2/c1-21-16(20)12-7-8-13(15(18)14(12)17)19-10-9-11-5-3-2-4-6-11/h2-8,19H,9-10H2,1H3. The molecule has 0 heterocycles. The lowest BCUT2D eigenvalue weighted by molar-refractivity contribution is 0.0594. The second-order valence-electron chi connectivity index (χ2n) is 4.44. The maximum atomic E-state index is 13.8. The fourth-order valence-corrected chi connectivity index (χ4v) is 1.94. The van der Waals surface area contributed by atoms with Crippen molar-refractivity contribution in [1.29, 1.82) is 0 Å². The first-order valence-corrected chi connectivity index (χ1v) is 6.47. The van der Waals surface area contributed by atoms with Gasteiger partial charge in [-0.05, 0) is 24.1 Å². The van der Waals surface area contributed by atoms with Crippen molar-refractivity contribution in [3.63, 3.8) is 0 Å². The monoisotopic (exact) mass is 291 g/mol. The van der Waals surface area contributed by atoms with Crippen molar-refractivity contribution in [1.82, 2.24) is 0 Å². The minimum Gasteiger partial charge on any atom is -0.465 e. The predicted molar refractivity (Wildman–Crippen MR) is 76.3 cm³/mol. The van der Waals surface area contributed by atoms with Crippen LogP contribution >= 0.6 is 0 Å². The molecule has 0 amide bonds. The van der Waals surface area contributed by atoms with Gasteiger partial charge in [0.2, 0.25) is 0 Å². The maximum Gasteiger partial charge on any atom is 0.340 e. The molecule has 0 unspecified atom stereocenters. The van der Waals surface area contributed by atoms with Gasteiger partial charge in [0.1, 0.15) is 0 Å². The molecule has 1 N–H and O–H groups in total. The molecule has 2 rings (SSSR count). The van der Waals surface area contributed by atoms with Gasteiger partial charge in [-0.15, -0.1) is 0 Å². The molecule has 0 saturated heterocycles. The number of methoxy groups -OCH3 is 1. The predicted octanol–water partition coefficient (Wildman–Crippen LogP) is 3.41. The van der Waals surface area contributed by atoms with Gasteiger partial charge in [-0.1, -0.05) is 30.3 Å². The van der Waals surface area contributed by atoms with Gasteiger partial charge in [0.25, 0.3) is 0 Å². The Morgan fingerprint density at radius 3 is 2.48 bits per heavy atom. The SMILES string of the molecule is COC(=O)c1ccc(NCCc2ccccc2)c(F)c1F. The van der Waals surface area contributed by atoms with Gasteiger partial charge >= 0.3 is 5.97 Å². The third-order valence-corrected chi connectivity index (χ3v) is 3.06. The molecule has 3 nitrogen and oxygen atoms in total. The van der Waals surface area contributed by atoms with Crippen LogP contribution in [0.5, 0.6) is 0 Å². The van der Waals surface area contributed by atoms with Crippen LogP contribution in [0, 0.1) is 11.6 Å². The van der Waals surface area contributed by atoms with E-state index in [4.69, 9.17) is 0 Å². The zero-order valence-electron chi connectivity index (χ0n) is 11.5. The third-order valence-electron chi connectivity index (χ3n) is 3.06. The molecule has 0 radical (unpaired) electrons. The number of hydrogen-bond acceptors (Lipinski definition) is 3. The number of carbonyl (C=O) groups is 1. The normalized spacial score (nSPS) is 10.2. The Balaban J connectivity index is 2.04. The summed E-state index contributed by atoms with van der Waals surface area (Å²) in [6.45, 7) is 0.456. The summed E-state index contributed by atoms with van der Waals surface area (Å²) in [5, 5.41) is 2.82. The minimum atomic E-state index is -1.20. The van der Waals surface area contributed by atoms with Crippen molar-refractivity contribution in [3.05, 3.63) is 65.2 Å². The zero-order chi connectivity index (χ0) is 15.2. The van der Waals surface area contributed by atoms with Crippen LogP contribution in [0.15, 0.2) is 42.5 Å². The smallest absolute Gasteiger partial charge is 0.340 e. The molecule has 2 aromatic carbocycles. The van der Waals surface area contributed by atoms with E-state index in [9.17, 15) is 13.6 Å². The van der Waals surface area contributed by atoms with E-state index >= 15 is 0 Å². The maximum absolute atomic E-state index is 13.8. The topological polar surface area (TPSA) is 38.3 Å². The Morgan fingerprint density at radius 1 is 1.10 bits per heavy atom. The van der Waals surface area contributed by atoms with Crippen LogP contribution in [0.25, 0.3) is 0 Å². The highest BCUT2D eigenvalue weighted by Gasteiger charge is 2.18. The molecule has 0 saturated carbocycles.